The van der Waals surface area contributed by atoms with Gasteiger partial charge in [0.25, 0.3) is 0 Å². The standard InChI is InChI=1S/C29H41ClN6OS/c1-22-8-4-7-17-36(22)26-20-25(35-15-5-2-3-6-16-35)32-27(33-26)34-28(38)31-21-29(13-18-37-19-14-29)23-9-11-24(30)12-10-23/h9-12,20,22H,2-8,13-19,21H2,1H3,(H2,31,32,33,34,38)/t22-/m1/s1. The molecule has 0 unspecified atom stereocenters. The molecule has 0 radical (unpaired) electrons. The Morgan fingerprint density at radius 3 is 2.39 bits per heavy atom. The molecule has 2 aromatic rings. The minimum atomic E-state index is -0.0578. The van der Waals surface area contributed by atoms with Crippen molar-refractivity contribution in [3.8, 4) is 0 Å². The number of halogens is 1. The van der Waals surface area contributed by atoms with Gasteiger partial charge in [-0.3, -0.25) is 0 Å². The molecule has 3 aliphatic rings. The predicted octanol–water partition coefficient (Wildman–Crippen LogP) is 5.92. The van der Waals surface area contributed by atoms with Gasteiger partial charge in [0.1, 0.15) is 11.6 Å². The van der Waals surface area contributed by atoms with Crippen LogP contribution in [0.5, 0.6) is 0 Å². The number of anilines is 3. The Labute approximate surface area is 237 Å². The first kappa shape index (κ1) is 27.4. The molecule has 0 amide bonds. The quantitative estimate of drug-likeness (QED) is 0.425. The van der Waals surface area contributed by atoms with Gasteiger partial charge in [-0.2, -0.15) is 9.97 Å². The molecule has 3 fully saturated rings. The molecule has 38 heavy (non-hydrogen) atoms. The smallest absolute Gasteiger partial charge is 0.232 e. The Morgan fingerprint density at radius 2 is 1.68 bits per heavy atom. The van der Waals surface area contributed by atoms with Crippen LogP contribution < -0.4 is 20.4 Å². The third-order valence-electron chi connectivity index (χ3n) is 8.45. The molecule has 2 N–H and O–H groups in total. The molecule has 1 atom stereocenters. The summed E-state index contributed by atoms with van der Waals surface area (Å²) in [5.41, 5.74) is 1.21. The molecular formula is C29H41ClN6OS. The highest BCUT2D eigenvalue weighted by atomic mass is 35.5. The minimum absolute atomic E-state index is 0.0578. The van der Waals surface area contributed by atoms with Crippen LogP contribution in [0.1, 0.15) is 70.3 Å². The average molecular weight is 557 g/mol. The molecule has 7 nitrogen and oxygen atoms in total. The van der Waals surface area contributed by atoms with E-state index in [-0.39, 0.29) is 5.41 Å². The van der Waals surface area contributed by atoms with E-state index in [1.807, 2.05) is 12.1 Å². The Balaban J connectivity index is 1.33. The highest BCUT2D eigenvalue weighted by Crippen LogP contribution is 2.35. The first-order valence-corrected chi connectivity index (χ1v) is 15.1. The van der Waals surface area contributed by atoms with E-state index in [1.54, 1.807) is 0 Å². The van der Waals surface area contributed by atoms with E-state index in [0.717, 1.165) is 62.3 Å². The Hall–Kier alpha value is -2.16. The SMILES string of the molecule is C[C@@H]1CCCCN1c1cc(N2CCCCCC2)nc(NC(=S)NCC2(c3ccc(Cl)cc3)CCOCC2)n1. The topological polar surface area (TPSA) is 65.5 Å². The van der Waals surface area contributed by atoms with Gasteiger partial charge in [0.2, 0.25) is 5.95 Å². The number of hydrogen-bond donors (Lipinski definition) is 2. The molecule has 1 aromatic heterocycles. The second-order valence-electron chi connectivity index (χ2n) is 11.1. The van der Waals surface area contributed by atoms with Crippen LogP contribution in [0.4, 0.5) is 17.6 Å². The van der Waals surface area contributed by atoms with Crippen molar-refractivity contribution >= 4 is 46.5 Å². The van der Waals surface area contributed by atoms with Crippen LogP contribution in [0.25, 0.3) is 0 Å². The fourth-order valence-corrected chi connectivity index (χ4v) is 6.34. The summed E-state index contributed by atoms with van der Waals surface area (Å²) in [4.78, 5) is 14.8. The van der Waals surface area contributed by atoms with Gasteiger partial charge >= 0.3 is 0 Å². The van der Waals surface area contributed by atoms with Crippen molar-refractivity contribution in [2.45, 2.75) is 76.2 Å². The Bertz CT molecular complexity index is 1070. The van der Waals surface area contributed by atoms with Crippen molar-refractivity contribution in [2.24, 2.45) is 0 Å². The van der Waals surface area contributed by atoms with Crippen LogP contribution in [0, 0.1) is 0 Å². The van der Waals surface area contributed by atoms with Gasteiger partial charge in [-0.05, 0) is 81.8 Å². The summed E-state index contributed by atoms with van der Waals surface area (Å²) in [5.74, 6) is 2.57. The van der Waals surface area contributed by atoms with Crippen molar-refractivity contribution < 1.29 is 4.74 Å². The number of hydrogen-bond acceptors (Lipinski definition) is 6. The number of nitrogens with one attached hydrogen (secondary N) is 2. The second kappa shape index (κ2) is 12.8. The molecule has 3 saturated heterocycles. The highest BCUT2D eigenvalue weighted by Gasteiger charge is 2.34. The van der Waals surface area contributed by atoms with E-state index in [0.29, 0.717) is 23.6 Å². The number of ether oxygens (including phenoxy) is 1. The molecule has 0 aliphatic carbocycles. The largest absolute Gasteiger partial charge is 0.381 e. The van der Waals surface area contributed by atoms with Crippen LogP contribution in [0.3, 0.4) is 0 Å². The van der Waals surface area contributed by atoms with Crippen LogP contribution in [-0.2, 0) is 10.2 Å². The molecular weight excluding hydrogens is 516 g/mol. The number of benzene rings is 1. The van der Waals surface area contributed by atoms with E-state index in [2.05, 4.69) is 45.6 Å². The zero-order valence-corrected chi connectivity index (χ0v) is 24.1. The van der Waals surface area contributed by atoms with E-state index in [9.17, 15) is 0 Å². The number of aromatic nitrogens is 2. The third-order valence-corrected chi connectivity index (χ3v) is 8.94. The minimum Gasteiger partial charge on any atom is -0.381 e. The molecule has 206 valence electrons. The number of nitrogens with zero attached hydrogens (tertiary/aromatic N) is 4. The average Bonchev–Trinajstić information content (AvgIpc) is 3.23. The third kappa shape index (κ3) is 6.69. The van der Waals surface area contributed by atoms with Gasteiger partial charge in [0.15, 0.2) is 5.11 Å². The molecule has 1 aromatic carbocycles. The van der Waals surface area contributed by atoms with Crippen LogP contribution in [-0.4, -0.2) is 60.5 Å². The van der Waals surface area contributed by atoms with E-state index >= 15 is 0 Å². The maximum Gasteiger partial charge on any atom is 0.232 e. The fourth-order valence-electron chi connectivity index (χ4n) is 6.05. The van der Waals surface area contributed by atoms with E-state index in [4.69, 9.17) is 38.5 Å². The van der Waals surface area contributed by atoms with Gasteiger partial charge in [0, 0.05) is 61.9 Å². The van der Waals surface area contributed by atoms with Crippen LogP contribution >= 0.6 is 23.8 Å². The molecule has 9 heteroatoms. The van der Waals surface area contributed by atoms with Gasteiger partial charge < -0.3 is 25.2 Å². The van der Waals surface area contributed by atoms with E-state index < -0.39 is 0 Å². The lowest BCUT2D eigenvalue weighted by atomic mass is 9.74. The Morgan fingerprint density at radius 1 is 1.00 bits per heavy atom. The van der Waals surface area contributed by atoms with Crippen molar-refractivity contribution in [1.82, 2.24) is 15.3 Å². The van der Waals surface area contributed by atoms with Crippen molar-refractivity contribution in [3.63, 3.8) is 0 Å². The lowest BCUT2D eigenvalue weighted by Gasteiger charge is -2.38. The summed E-state index contributed by atoms with van der Waals surface area (Å²) in [6, 6.07) is 10.9. The Kier molecular flexibility index (Phi) is 9.23. The number of rotatable bonds is 6. The fraction of sp³-hybridized carbons (Fsp3) is 0.621. The maximum atomic E-state index is 6.18. The molecule has 4 heterocycles. The first-order valence-electron chi connectivity index (χ1n) is 14.3. The molecule has 0 bridgehead atoms. The maximum absolute atomic E-state index is 6.18. The van der Waals surface area contributed by atoms with Gasteiger partial charge in [-0.25, -0.2) is 0 Å². The van der Waals surface area contributed by atoms with Crippen molar-refractivity contribution in [1.29, 1.82) is 0 Å². The molecule has 5 rings (SSSR count). The zero-order chi connectivity index (χ0) is 26.4. The van der Waals surface area contributed by atoms with Crippen molar-refractivity contribution in [3.05, 3.63) is 40.9 Å². The van der Waals surface area contributed by atoms with Gasteiger partial charge in [-0.15, -0.1) is 0 Å². The van der Waals surface area contributed by atoms with Crippen molar-refractivity contribution in [2.75, 3.05) is 54.5 Å². The lowest BCUT2D eigenvalue weighted by Crippen LogP contribution is -2.45. The number of piperidine rings is 1. The molecule has 0 saturated carbocycles. The summed E-state index contributed by atoms with van der Waals surface area (Å²) in [7, 11) is 0. The number of thiocarbonyl (C=S) groups is 1. The monoisotopic (exact) mass is 556 g/mol. The summed E-state index contributed by atoms with van der Waals surface area (Å²) < 4.78 is 5.70. The second-order valence-corrected chi connectivity index (χ2v) is 11.9. The summed E-state index contributed by atoms with van der Waals surface area (Å²) >= 11 is 12.0. The summed E-state index contributed by atoms with van der Waals surface area (Å²) in [6.07, 6.45) is 10.5. The van der Waals surface area contributed by atoms with Gasteiger partial charge in [0.05, 0.1) is 0 Å². The van der Waals surface area contributed by atoms with Crippen LogP contribution in [0.2, 0.25) is 5.02 Å². The molecule has 3 aliphatic heterocycles. The van der Waals surface area contributed by atoms with E-state index in [1.165, 1.54) is 50.5 Å². The normalized spacial score (nSPS) is 22.0. The summed E-state index contributed by atoms with van der Waals surface area (Å²) in [5, 5.41) is 8.14. The highest BCUT2D eigenvalue weighted by molar-refractivity contribution is 7.80. The van der Waals surface area contributed by atoms with Gasteiger partial charge in [-0.1, -0.05) is 36.6 Å². The lowest BCUT2D eigenvalue weighted by molar-refractivity contribution is 0.0515. The summed E-state index contributed by atoms with van der Waals surface area (Å²) in [6.45, 7) is 7.61. The first-order chi connectivity index (χ1) is 18.5. The zero-order valence-electron chi connectivity index (χ0n) is 22.6. The van der Waals surface area contributed by atoms with Crippen LogP contribution in [0.15, 0.2) is 30.3 Å². The molecule has 0 spiro atoms. The predicted molar refractivity (Wildman–Crippen MR) is 161 cm³/mol.